The van der Waals surface area contributed by atoms with Crippen molar-refractivity contribution >= 4 is 11.7 Å². The summed E-state index contributed by atoms with van der Waals surface area (Å²) in [7, 11) is 1.38. The van der Waals surface area contributed by atoms with Crippen molar-refractivity contribution in [1.29, 1.82) is 0 Å². The molecule has 0 atom stereocenters. The van der Waals surface area contributed by atoms with Gasteiger partial charge in [-0.3, -0.25) is 4.99 Å². The predicted octanol–water partition coefficient (Wildman–Crippen LogP) is 1.28. The van der Waals surface area contributed by atoms with E-state index in [9.17, 15) is 4.79 Å². The first kappa shape index (κ1) is 7.98. The second-order valence-corrected chi connectivity index (χ2v) is 2.83. The molecule has 66 valence electrons. The Bertz CT molecular complexity index is 365. The van der Waals surface area contributed by atoms with E-state index in [1.54, 1.807) is 12.1 Å². The number of benzene rings is 1. The van der Waals surface area contributed by atoms with Crippen LogP contribution in [-0.4, -0.2) is 25.3 Å². The van der Waals surface area contributed by atoms with Gasteiger partial charge in [0.25, 0.3) is 0 Å². The third-order valence-electron chi connectivity index (χ3n) is 1.96. The van der Waals surface area contributed by atoms with E-state index in [1.165, 1.54) is 7.11 Å². The minimum atomic E-state index is -0.302. The van der Waals surface area contributed by atoms with Gasteiger partial charge in [-0.2, -0.15) is 0 Å². The molecular weight excluding hydrogens is 166 g/mol. The van der Waals surface area contributed by atoms with Crippen molar-refractivity contribution in [3.8, 4) is 0 Å². The zero-order valence-electron chi connectivity index (χ0n) is 7.28. The molecule has 1 aromatic carbocycles. The first-order valence-electron chi connectivity index (χ1n) is 4.03. The molecule has 3 nitrogen and oxygen atoms in total. The van der Waals surface area contributed by atoms with Crippen molar-refractivity contribution in [1.82, 2.24) is 0 Å². The number of aliphatic imine (C=N–C) groups is 1. The Morgan fingerprint density at radius 3 is 2.46 bits per heavy atom. The molecule has 0 spiro atoms. The minimum absolute atomic E-state index is 0.302. The topological polar surface area (TPSA) is 38.7 Å². The van der Waals surface area contributed by atoms with Gasteiger partial charge in [0.2, 0.25) is 0 Å². The molecule has 1 heterocycles. The van der Waals surface area contributed by atoms with Gasteiger partial charge in [-0.05, 0) is 17.7 Å². The summed E-state index contributed by atoms with van der Waals surface area (Å²) in [5.74, 6) is -0.302. The van der Waals surface area contributed by atoms with Crippen molar-refractivity contribution in [2.24, 2.45) is 4.99 Å². The lowest BCUT2D eigenvalue weighted by Gasteiger charge is -1.98. The fourth-order valence-corrected chi connectivity index (χ4v) is 1.14. The van der Waals surface area contributed by atoms with Crippen molar-refractivity contribution in [3.05, 3.63) is 35.4 Å². The lowest BCUT2D eigenvalue weighted by Crippen LogP contribution is -2.01. The predicted molar refractivity (Wildman–Crippen MR) is 49.2 cm³/mol. The number of esters is 1. The molecular formula is C10H9NO2. The maximum absolute atomic E-state index is 11.1. The Morgan fingerprint density at radius 1 is 1.38 bits per heavy atom. The van der Waals surface area contributed by atoms with Crippen LogP contribution in [0.15, 0.2) is 29.3 Å². The Balaban J connectivity index is 2.22. The fourth-order valence-electron chi connectivity index (χ4n) is 1.14. The third-order valence-corrected chi connectivity index (χ3v) is 1.96. The smallest absolute Gasteiger partial charge is 0.337 e. The van der Waals surface area contributed by atoms with Gasteiger partial charge >= 0.3 is 5.97 Å². The zero-order chi connectivity index (χ0) is 9.26. The number of ether oxygens (including phenoxy) is 1. The van der Waals surface area contributed by atoms with Crippen LogP contribution in [0.3, 0.4) is 0 Å². The lowest BCUT2D eigenvalue weighted by atomic mass is 10.1. The molecule has 0 amide bonds. The van der Waals surface area contributed by atoms with E-state index in [0.29, 0.717) is 5.56 Å². The third kappa shape index (κ3) is 1.59. The standard InChI is InChI=1S/C10H9NO2/c1-13-10(12)8-4-2-7(3-5-8)9-6-11-9/h2-5H,6H2,1H3. The van der Waals surface area contributed by atoms with Gasteiger partial charge in [-0.25, -0.2) is 4.79 Å². The molecule has 0 N–H and O–H groups in total. The molecule has 0 aromatic heterocycles. The maximum atomic E-state index is 11.1. The monoisotopic (exact) mass is 175 g/mol. The normalized spacial score (nSPS) is 13.5. The highest BCUT2D eigenvalue weighted by molar-refractivity contribution is 6.10. The summed E-state index contributed by atoms with van der Waals surface area (Å²) in [6, 6.07) is 7.28. The van der Waals surface area contributed by atoms with Crippen molar-refractivity contribution < 1.29 is 9.53 Å². The second-order valence-electron chi connectivity index (χ2n) is 2.83. The van der Waals surface area contributed by atoms with Gasteiger partial charge in [0, 0.05) is 0 Å². The SMILES string of the molecule is COC(=O)c1ccc(C2=NC2)cc1. The highest BCUT2D eigenvalue weighted by Gasteiger charge is 2.13. The Kier molecular flexibility index (Phi) is 1.85. The molecule has 0 saturated heterocycles. The van der Waals surface area contributed by atoms with E-state index in [1.807, 2.05) is 12.1 Å². The molecule has 2 rings (SSSR count). The summed E-state index contributed by atoms with van der Waals surface area (Å²) in [6.07, 6.45) is 0. The van der Waals surface area contributed by atoms with Crippen LogP contribution in [0, 0.1) is 0 Å². The molecule has 0 unspecified atom stereocenters. The van der Waals surface area contributed by atoms with Crippen molar-refractivity contribution in [2.75, 3.05) is 13.7 Å². The molecule has 1 aliphatic rings. The zero-order valence-corrected chi connectivity index (χ0v) is 7.28. The van der Waals surface area contributed by atoms with E-state index in [-0.39, 0.29) is 5.97 Å². The van der Waals surface area contributed by atoms with Crippen LogP contribution in [0.4, 0.5) is 0 Å². The molecule has 3 heteroatoms. The van der Waals surface area contributed by atoms with Crippen molar-refractivity contribution in [2.45, 2.75) is 0 Å². The number of hydrogen-bond acceptors (Lipinski definition) is 3. The summed E-state index contributed by atoms with van der Waals surface area (Å²) >= 11 is 0. The number of rotatable bonds is 2. The number of hydrogen-bond donors (Lipinski definition) is 0. The van der Waals surface area contributed by atoms with E-state index in [0.717, 1.165) is 17.8 Å². The summed E-state index contributed by atoms with van der Waals surface area (Å²) in [5, 5.41) is 0. The minimum Gasteiger partial charge on any atom is -0.465 e. The molecule has 1 aromatic rings. The van der Waals surface area contributed by atoms with Gasteiger partial charge in [0.15, 0.2) is 0 Å². The quantitative estimate of drug-likeness (QED) is 0.635. The van der Waals surface area contributed by atoms with Crippen LogP contribution in [0.1, 0.15) is 15.9 Å². The molecule has 13 heavy (non-hydrogen) atoms. The summed E-state index contributed by atoms with van der Waals surface area (Å²) < 4.78 is 4.58. The molecule has 0 bridgehead atoms. The first-order chi connectivity index (χ1) is 6.31. The largest absolute Gasteiger partial charge is 0.465 e. The van der Waals surface area contributed by atoms with Crippen molar-refractivity contribution in [3.63, 3.8) is 0 Å². The highest BCUT2D eigenvalue weighted by atomic mass is 16.5. The first-order valence-corrected chi connectivity index (χ1v) is 4.03. The Hall–Kier alpha value is -1.64. The van der Waals surface area contributed by atoms with Gasteiger partial charge in [-0.15, -0.1) is 0 Å². The molecule has 1 aliphatic heterocycles. The van der Waals surface area contributed by atoms with Gasteiger partial charge in [-0.1, -0.05) is 12.1 Å². The lowest BCUT2D eigenvalue weighted by molar-refractivity contribution is 0.0601. The van der Waals surface area contributed by atoms with E-state index in [2.05, 4.69) is 9.73 Å². The molecule has 0 fully saturated rings. The summed E-state index contributed by atoms with van der Waals surface area (Å²) in [4.78, 5) is 15.1. The summed E-state index contributed by atoms with van der Waals surface area (Å²) in [6.45, 7) is 0.831. The molecule has 0 radical (unpaired) electrons. The van der Waals surface area contributed by atoms with Crippen LogP contribution < -0.4 is 0 Å². The fraction of sp³-hybridized carbons (Fsp3) is 0.200. The molecule has 0 saturated carbocycles. The van der Waals surface area contributed by atoms with Gasteiger partial charge in [0.1, 0.15) is 0 Å². The average molecular weight is 175 g/mol. The second kappa shape index (κ2) is 3.01. The highest BCUT2D eigenvalue weighted by Crippen LogP contribution is 2.12. The Labute approximate surface area is 76.1 Å². The van der Waals surface area contributed by atoms with Crippen LogP contribution in [0.2, 0.25) is 0 Å². The van der Waals surface area contributed by atoms with Crippen LogP contribution in [-0.2, 0) is 4.74 Å². The van der Waals surface area contributed by atoms with Crippen LogP contribution in [0.5, 0.6) is 0 Å². The number of carbonyl (C=O) groups excluding carboxylic acids is 1. The van der Waals surface area contributed by atoms with Crippen LogP contribution >= 0.6 is 0 Å². The van der Waals surface area contributed by atoms with E-state index < -0.39 is 0 Å². The maximum Gasteiger partial charge on any atom is 0.337 e. The van der Waals surface area contributed by atoms with Gasteiger partial charge < -0.3 is 4.74 Å². The van der Waals surface area contributed by atoms with Gasteiger partial charge in [0.05, 0.1) is 24.9 Å². The molecule has 0 aliphatic carbocycles. The average Bonchev–Trinajstić information content (AvgIpc) is 3.00. The number of carbonyl (C=O) groups is 1. The number of methoxy groups -OCH3 is 1. The summed E-state index contributed by atoms with van der Waals surface area (Å²) in [5.41, 5.74) is 2.77. The number of nitrogens with zero attached hydrogens (tertiary/aromatic N) is 1. The Morgan fingerprint density at radius 2 is 2.00 bits per heavy atom. The van der Waals surface area contributed by atoms with E-state index >= 15 is 0 Å². The van der Waals surface area contributed by atoms with Crippen LogP contribution in [0.25, 0.3) is 0 Å². The van der Waals surface area contributed by atoms with E-state index in [4.69, 9.17) is 0 Å².